The van der Waals surface area contributed by atoms with Crippen LogP contribution in [0, 0.1) is 0 Å². The predicted octanol–water partition coefficient (Wildman–Crippen LogP) is 5.67. The fourth-order valence-corrected chi connectivity index (χ4v) is 4.88. The van der Waals surface area contributed by atoms with Crippen LogP contribution in [-0.4, -0.2) is 7.05 Å². The molecule has 5 rings (SSSR count). The molecule has 1 nitrogen and oxygen atoms in total. The Morgan fingerprint density at radius 1 is 0.800 bits per heavy atom. The van der Waals surface area contributed by atoms with E-state index < -0.39 is 0 Å². The first-order chi connectivity index (χ1) is 12.2. The molecule has 0 spiro atoms. The van der Waals surface area contributed by atoms with Crippen molar-refractivity contribution in [3.8, 4) is 0 Å². The molecule has 2 aliphatic carbocycles. The highest BCUT2D eigenvalue weighted by Crippen LogP contribution is 2.62. The first kappa shape index (κ1) is 14.8. The minimum atomic E-state index is -0.118. The summed E-state index contributed by atoms with van der Waals surface area (Å²) < 4.78 is 0. The predicted molar refractivity (Wildman–Crippen MR) is 105 cm³/mol. The van der Waals surface area contributed by atoms with E-state index in [1.807, 2.05) is 7.05 Å². The number of hydrogen-bond acceptors (Lipinski definition) is 1. The minimum Gasteiger partial charge on any atom is -0.388 e. The van der Waals surface area contributed by atoms with Crippen LogP contribution in [0.15, 0.2) is 72.8 Å². The summed E-state index contributed by atoms with van der Waals surface area (Å²) in [6.07, 6.45) is 1.29. The summed E-state index contributed by atoms with van der Waals surface area (Å²) in [4.78, 5) is 0. The van der Waals surface area contributed by atoms with E-state index in [4.69, 9.17) is 0 Å². The molecule has 1 fully saturated rings. The van der Waals surface area contributed by atoms with Gasteiger partial charge in [-0.25, -0.2) is 0 Å². The molecule has 124 valence electrons. The fourth-order valence-electron chi connectivity index (χ4n) is 4.88. The molecule has 1 N–H and O–H groups in total. The van der Waals surface area contributed by atoms with Gasteiger partial charge in [-0.1, -0.05) is 60.7 Å². The number of nitrogens with one attached hydrogen (secondary N) is 1. The molecule has 25 heavy (non-hydrogen) atoms. The Balaban J connectivity index is 1.85. The number of anilines is 1. The lowest BCUT2D eigenvalue weighted by Gasteiger charge is -2.34. The smallest absolute Gasteiger partial charge is 0.0429 e. The zero-order valence-electron chi connectivity index (χ0n) is 14.8. The number of benzene rings is 3. The molecule has 2 unspecified atom stereocenters. The van der Waals surface area contributed by atoms with Gasteiger partial charge in [0.2, 0.25) is 0 Å². The summed E-state index contributed by atoms with van der Waals surface area (Å²) in [5, 5.41) is 3.30. The molecule has 3 aromatic carbocycles. The maximum Gasteiger partial charge on any atom is 0.0429 e. The van der Waals surface area contributed by atoms with Crippen LogP contribution < -0.4 is 5.32 Å². The maximum atomic E-state index is 3.30. The Hall–Kier alpha value is -2.54. The van der Waals surface area contributed by atoms with Gasteiger partial charge in [0.25, 0.3) is 0 Å². The van der Waals surface area contributed by atoms with Crippen LogP contribution >= 0.6 is 0 Å². The molecular formula is C24H23N. The van der Waals surface area contributed by atoms with Gasteiger partial charge in [0.15, 0.2) is 0 Å². The van der Waals surface area contributed by atoms with Crippen molar-refractivity contribution in [2.24, 2.45) is 0 Å². The molecule has 3 atom stereocenters. The maximum absolute atomic E-state index is 3.30. The fraction of sp³-hybridized carbons (Fsp3) is 0.250. The largest absolute Gasteiger partial charge is 0.388 e. The van der Waals surface area contributed by atoms with Crippen molar-refractivity contribution in [2.45, 2.75) is 30.6 Å². The highest BCUT2D eigenvalue weighted by Gasteiger charge is 2.49. The zero-order valence-corrected chi connectivity index (χ0v) is 14.8. The van der Waals surface area contributed by atoms with Gasteiger partial charge in [-0.05, 0) is 65.1 Å². The monoisotopic (exact) mass is 325 g/mol. The lowest BCUT2D eigenvalue weighted by Crippen LogP contribution is -2.27. The quantitative estimate of drug-likeness (QED) is 0.640. The molecule has 3 aromatic rings. The van der Waals surface area contributed by atoms with E-state index in [1.165, 1.54) is 28.8 Å². The summed E-state index contributed by atoms with van der Waals surface area (Å²) in [6, 6.07) is 27.1. The topological polar surface area (TPSA) is 12.0 Å². The molecule has 1 saturated carbocycles. The van der Waals surface area contributed by atoms with Crippen LogP contribution in [0.3, 0.4) is 0 Å². The van der Waals surface area contributed by atoms with Crippen molar-refractivity contribution in [1.29, 1.82) is 0 Å². The van der Waals surface area contributed by atoms with Crippen molar-refractivity contribution in [3.05, 3.63) is 101 Å². The van der Waals surface area contributed by atoms with Gasteiger partial charge in [0.05, 0.1) is 0 Å². The van der Waals surface area contributed by atoms with Crippen LogP contribution in [0.25, 0.3) is 0 Å². The first-order valence-corrected chi connectivity index (χ1v) is 9.20. The van der Waals surface area contributed by atoms with Crippen molar-refractivity contribution in [1.82, 2.24) is 0 Å². The highest BCUT2D eigenvalue weighted by atomic mass is 14.8. The molecule has 0 saturated heterocycles. The third kappa shape index (κ3) is 2.02. The summed E-state index contributed by atoms with van der Waals surface area (Å²) in [5.74, 6) is 1.37. The molecule has 1 heteroatoms. The number of fused-ring (bicyclic) bond motifs is 5. The van der Waals surface area contributed by atoms with E-state index in [2.05, 4.69) is 85.0 Å². The van der Waals surface area contributed by atoms with Crippen molar-refractivity contribution in [2.75, 3.05) is 12.4 Å². The minimum absolute atomic E-state index is 0.118. The van der Waals surface area contributed by atoms with E-state index in [-0.39, 0.29) is 5.41 Å². The Labute approximate surface area is 149 Å². The van der Waals surface area contributed by atoms with Crippen LogP contribution in [-0.2, 0) is 5.41 Å². The number of rotatable bonds is 2. The van der Waals surface area contributed by atoms with Crippen LogP contribution in [0.1, 0.15) is 53.0 Å². The molecule has 2 aliphatic rings. The standard InChI is InChI=1S/C24H23N/c1-24(16-8-7-9-17(14-16)25-2)22-12-5-3-10-18(22)20-15-21(20)19-11-4-6-13-23(19)24/h3-14,20-21,25H,15H2,1-2H3/t20-,21?,24?/m0/s1. The lowest BCUT2D eigenvalue weighted by atomic mass is 9.68. The van der Waals surface area contributed by atoms with Gasteiger partial charge in [0, 0.05) is 18.2 Å². The second-order valence-corrected chi connectivity index (χ2v) is 7.58. The molecule has 0 aliphatic heterocycles. The van der Waals surface area contributed by atoms with E-state index in [0.29, 0.717) is 11.8 Å². The number of hydrogen-bond donors (Lipinski definition) is 1. The summed E-state index contributed by atoms with van der Waals surface area (Å²) in [7, 11) is 1.99. The van der Waals surface area contributed by atoms with Gasteiger partial charge in [-0.15, -0.1) is 0 Å². The first-order valence-electron chi connectivity index (χ1n) is 9.20. The van der Waals surface area contributed by atoms with Gasteiger partial charge in [0.1, 0.15) is 0 Å². The Morgan fingerprint density at radius 2 is 1.40 bits per heavy atom. The summed E-state index contributed by atoms with van der Waals surface area (Å²) >= 11 is 0. The molecule has 0 radical (unpaired) electrons. The Bertz CT molecular complexity index is 904. The van der Waals surface area contributed by atoms with E-state index in [1.54, 1.807) is 11.1 Å². The second-order valence-electron chi connectivity index (χ2n) is 7.58. The van der Waals surface area contributed by atoms with Gasteiger partial charge in [-0.2, -0.15) is 0 Å². The molecule has 0 heterocycles. The van der Waals surface area contributed by atoms with Crippen LogP contribution in [0.5, 0.6) is 0 Å². The van der Waals surface area contributed by atoms with Crippen molar-refractivity contribution >= 4 is 5.69 Å². The third-order valence-corrected chi connectivity index (χ3v) is 6.32. The molecule has 0 bridgehead atoms. The Kier molecular flexibility index (Phi) is 3.09. The highest BCUT2D eigenvalue weighted by molar-refractivity contribution is 5.63. The van der Waals surface area contributed by atoms with E-state index in [0.717, 1.165) is 0 Å². The van der Waals surface area contributed by atoms with Crippen molar-refractivity contribution in [3.63, 3.8) is 0 Å². The summed E-state index contributed by atoms with van der Waals surface area (Å²) in [6.45, 7) is 2.41. The average molecular weight is 325 g/mol. The molecule has 0 amide bonds. The molecular weight excluding hydrogens is 302 g/mol. The van der Waals surface area contributed by atoms with Crippen LogP contribution in [0.4, 0.5) is 5.69 Å². The SMILES string of the molecule is CNc1cccc(C2(C)c3ccccc3C3C[C@H]3c3ccccc32)c1. The Morgan fingerprint density at radius 3 is 2.00 bits per heavy atom. The van der Waals surface area contributed by atoms with E-state index in [9.17, 15) is 0 Å². The second kappa shape index (κ2) is 5.23. The van der Waals surface area contributed by atoms with Crippen molar-refractivity contribution < 1.29 is 0 Å². The normalized spacial score (nSPS) is 26.0. The average Bonchev–Trinajstić information content (AvgIpc) is 3.48. The zero-order chi connectivity index (χ0) is 17.0. The van der Waals surface area contributed by atoms with Crippen LogP contribution in [0.2, 0.25) is 0 Å². The molecule has 0 aromatic heterocycles. The summed E-state index contributed by atoms with van der Waals surface area (Å²) in [5.41, 5.74) is 8.44. The van der Waals surface area contributed by atoms with E-state index >= 15 is 0 Å². The van der Waals surface area contributed by atoms with Gasteiger partial charge < -0.3 is 5.32 Å². The third-order valence-electron chi connectivity index (χ3n) is 6.32. The lowest BCUT2D eigenvalue weighted by molar-refractivity contribution is 0.682. The van der Waals surface area contributed by atoms with Gasteiger partial charge >= 0.3 is 0 Å². The van der Waals surface area contributed by atoms with Gasteiger partial charge in [-0.3, -0.25) is 0 Å².